The van der Waals surface area contributed by atoms with E-state index in [0.717, 1.165) is 23.4 Å². The molecule has 0 spiro atoms. The molecule has 2 aromatic carbocycles. The molecule has 30 heavy (non-hydrogen) atoms. The van der Waals surface area contributed by atoms with E-state index in [1.807, 2.05) is 23.6 Å². The average Bonchev–Trinajstić information content (AvgIpc) is 3.24. The van der Waals surface area contributed by atoms with Gasteiger partial charge in [-0.2, -0.15) is 5.26 Å². The first-order valence-electron chi connectivity index (χ1n) is 9.68. The Bertz CT molecular complexity index is 1060. The first-order chi connectivity index (χ1) is 14.5. The highest BCUT2D eigenvalue weighted by atomic mass is 32.1. The van der Waals surface area contributed by atoms with E-state index in [4.69, 9.17) is 9.47 Å². The van der Waals surface area contributed by atoms with Gasteiger partial charge in [0, 0.05) is 28.9 Å². The lowest BCUT2D eigenvalue weighted by Crippen LogP contribution is -1.94. The highest BCUT2D eigenvalue weighted by Crippen LogP contribution is 2.30. The SMILES string of the molecule is COc1ccc(N/C=C(\C#N)c2nc(-c3ccc(CC(C)C)cc3)cs2)cc1OC. The van der Waals surface area contributed by atoms with Crippen molar-refractivity contribution in [2.75, 3.05) is 19.5 Å². The van der Waals surface area contributed by atoms with E-state index in [-0.39, 0.29) is 0 Å². The molecule has 154 valence electrons. The maximum Gasteiger partial charge on any atom is 0.162 e. The van der Waals surface area contributed by atoms with E-state index in [2.05, 4.69) is 54.5 Å². The lowest BCUT2D eigenvalue weighted by molar-refractivity contribution is 0.355. The second-order valence-electron chi connectivity index (χ2n) is 7.22. The Kier molecular flexibility index (Phi) is 7.10. The van der Waals surface area contributed by atoms with Gasteiger partial charge in [-0.15, -0.1) is 11.3 Å². The van der Waals surface area contributed by atoms with E-state index in [1.165, 1.54) is 16.9 Å². The lowest BCUT2D eigenvalue weighted by Gasteiger charge is -2.09. The molecule has 0 amide bonds. The van der Waals surface area contributed by atoms with Crippen LogP contribution in [0.2, 0.25) is 0 Å². The molecule has 1 heterocycles. The van der Waals surface area contributed by atoms with E-state index in [1.54, 1.807) is 20.4 Å². The van der Waals surface area contributed by atoms with Crippen molar-refractivity contribution in [1.29, 1.82) is 5.26 Å². The van der Waals surface area contributed by atoms with Crippen molar-refractivity contribution >= 4 is 22.6 Å². The normalized spacial score (nSPS) is 11.3. The minimum Gasteiger partial charge on any atom is -0.493 e. The van der Waals surface area contributed by atoms with Crippen LogP contribution in [0.15, 0.2) is 54.0 Å². The van der Waals surface area contributed by atoms with E-state index >= 15 is 0 Å². The molecule has 0 saturated carbocycles. The van der Waals surface area contributed by atoms with E-state index < -0.39 is 0 Å². The number of ether oxygens (including phenoxy) is 2. The predicted octanol–water partition coefficient (Wildman–Crippen LogP) is 6.00. The first kappa shape index (κ1) is 21.4. The monoisotopic (exact) mass is 419 g/mol. The second kappa shape index (κ2) is 9.95. The van der Waals surface area contributed by atoms with Crippen LogP contribution in [-0.2, 0) is 6.42 Å². The Balaban J connectivity index is 1.76. The number of allylic oxidation sites excluding steroid dienone is 1. The summed E-state index contributed by atoms with van der Waals surface area (Å²) in [6, 6.07) is 16.2. The van der Waals surface area contributed by atoms with Gasteiger partial charge in [0.25, 0.3) is 0 Å². The molecule has 0 aliphatic carbocycles. The van der Waals surface area contributed by atoms with E-state index in [9.17, 15) is 5.26 Å². The van der Waals surface area contributed by atoms with Crippen LogP contribution in [0.3, 0.4) is 0 Å². The molecular weight excluding hydrogens is 394 g/mol. The van der Waals surface area contributed by atoms with Gasteiger partial charge in [0.1, 0.15) is 16.6 Å². The van der Waals surface area contributed by atoms with Crippen LogP contribution < -0.4 is 14.8 Å². The van der Waals surface area contributed by atoms with Crippen molar-refractivity contribution in [2.45, 2.75) is 20.3 Å². The summed E-state index contributed by atoms with van der Waals surface area (Å²) in [6.45, 7) is 4.43. The van der Waals surface area contributed by atoms with Gasteiger partial charge in [-0.3, -0.25) is 0 Å². The maximum absolute atomic E-state index is 9.60. The Morgan fingerprint density at radius 3 is 2.50 bits per heavy atom. The number of rotatable bonds is 8. The summed E-state index contributed by atoms with van der Waals surface area (Å²) in [5, 5.41) is 15.4. The average molecular weight is 420 g/mol. The van der Waals surface area contributed by atoms with Crippen molar-refractivity contribution in [3.63, 3.8) is 0 Å². The van der Waals surface area contributed by atoms with Crippen LogP contribution in [0, 0.1) is 17.2 Å². The number of hydrogen-bond donors (Lipinski definition) is 1. The maximum atomic E-state index is 9.60. The summed E-state index contributed by atoms with van der Waals surface area (Å²) in [5.41, 5.74) is 4.50. The zero-order chi connectivity index (χ0) is 21.5. The molecule has 0 aliphatic heterocycles. The molecule has 1 N–H and O–H groups in total. The topological polar surface area (TPSA) is 67.2 Å². The molecule has 0 atom stereocenters. The number of benzene rings is 2. The van der Waals surface area contributed by atoms with Crippen LogP contribution in [0.1, 0.15) is 24.4 Å². The van der Waals surface area contributed by atoms with Gasteiger partial charge < -0.3 is 14.8 Å². The number of aromatic nitrogens is 1. The Hall–Kier alpha value is -3.30. The fourth-order valence-corrected chi connectivity index (χ4v) is 3.83. The molecule has 3 rings (SSSR count). The molecule has 0 bridgehead atoms. The minimum atomic E-state index is 0.470. The van der Waals surface area contributed by atoms with Crippen LogP contribution in [0.4, 0.5) is 5.69 Å². The summed E-state index contributed by atoms with van der Waals surface area (Å²) in [6.07, 6.45) is 2.72. The molecule has 0 radical (unpaired) electrons. The van der Waals surface area contributed by atoms with Gasteiger partial charge in [0.2, 0.25) is 0 Å². The zero-order valence-corrected chi connectivity index (χ0v) is 18.4. The number of thiazole rings is 1. The summed E-state index contributed by atoms with van der Waals surface area (Å²) in [5.74, 6) is 1.89. The number of nitrogens with one attached hydrogen (secondary N) is 1. The summed E-state index contributed by atoms with van der Waals surface area (Å²) in [7, 11) is 3.18. The van der Waals surface area contributed by atoms with Crippen LogP contribution in [0.25, 0.3) is 16.8 Å². The Morgan fingerprint density at radius 1 is 1.13 bits per heavy atom. The summed E-state index contributed by atoms with van der Waals surface area (Å²) < 4.78 is 10.6. The van der Waals surface area contributed by atoms with Gasteiger partial charge >= 0.3 is 0 Å². The van der Waals surface area contributed by atoms with Crippen LogP contribution in [-0.4, -0.2) is 19.2 Å². The number of nitrogens with zero attached hydrogens (tertiary/aromatic N) is 2. The summed E-state index contributed by atoms with van der Waals surface area (Å²) >= 11 is 1.45. The molecule has 0 fully saturated rings. The number of anilines is 1. The predicted molar refractivity (Wildman–Crippen MR) is 123 cm³/mol. The molecule has 0 unspecified atom stereocenters. The lowest BCUT2D eigenvalue weighted by atomic mass is 10.0. The molecule has 0 saturated heterocycles. The smallest absolute Gasteiger partial charge is 0.162 e. The third-order valence-corrected chi connectivity index (χ3v) is 5.39. The quantitative estimate of drug-likeness (QED) is 0.453. The highest BCUT2D eigenvalue weighted by molar-refractivity contribution is 7.11. The van der Waals surface area contributed by atoms with Gasteiger partial charge in [-0.25, -0.2) is 4.98 Å². The van der Waals surface area contributed by atoms with Crippen molar-refractivity contribution < 1.29 is 9.47 Å². The van der Waals surface area contributed by atoms with Gasteiger partial charge in [-0.1, -0.05) is 38.1 Å². The number of hydrogen-bond acceptors (Lipinski definition) is 6. The third kappa shape index (κ3) is 5.19. The Labute approximate surface area is 181 Å². The highest BCUT2D eigenvalue weighted by Gasteiger charge is 2.10. The van der Waals surface area contributed by atoms with Gasteiger partial charge in [0.15, 0.2) is 11.5 Å². The van der Waals surface area contributed by atoms with Gasteiger partial charge in [0.05, 0.1) is 19.9 Å². The largest absolute Gasteiger partial charge is 0.493 e. The molecule has 3 aromatic rings. The second-order valence-corrected chi connectivity index (χ2v) is 8.07. The van der Waals surface area contributed by atoms with Crippen molar-refractivity contribution in [1.82, 2.24) is 4.98 Å². The minimum absolute atomic E-state index is 0.470. The van der Waals surface area contributed by atoms with Gasteiger partial charge in [-0.05, 0) is 30.0 Å². The zero-order valence-electron chi connectivity index (χ0n) is 17.6. The van der Waals surface area contributed by atoms with Crippen molar-refractivity contribution in [3.05, 3.63) is 64.6 Å². The van der Waals surface area contributed by atoms with Crippen LogP contribution in [0.5, 0.6) is 11.5 Å². The fourth-order valence-electron chi connectivity index (χ4n) is 3.04. The summed E-state index contributed by atoms with van der Waals surface area (Å²) in [4.78, 5) is 4.66. The number of nitriles is 1. The fraction of sp³-hybridized carbons (Fsp3) is 0.250. The van der Waals surface area contributed by atoms with E-state index in [0.29, 0.717) is 28.0 Å². The Morgan fingerprint density at radius 2 is 1.87 bits per heavy atom. The number of methoxy groups -OCH3 is 2. The third-order valence-electron chi connectivity index (χ3n) is 4.52. The molecule has 5 nitrogen and oxygen atoms in total. The molecule has 1 aromatic heterocycles. The van der Waals surface area contributed by atoms with Crippen molar-refractivity contribution in [3.8, 4) is 28.8 Å². The molecule has 6 heteroatoms. The van der Waals surface area contributed by atoms with Crippen molar-refractivity contribution in [2.24, 2.45) is 5.92 Å². The first-order valence-corrected chi connectivity index (χ1v) is 10.6. The standard InChI is InChI=1S/C24H25N3O2S/c1-16(2)11-17-5-7-18(8-6-17)21-15-30-24(27-21)19(13-25)14-26-20-9-10-22(28-3)23(12-20)29-4/h5-10,12,14-16,26H,11H2,1-4H3/b19-14+. The molecule has 0 aliphatic rings. The molecular formula is C24H25N3O2S. The van der Waals surface area contributed by atoms with Crippen LogP contribution >= 0.6 is 11.3 Å².